The van der Waals surface area contributed by atoms with Gasteiger partial charge in [0.25, 0.3) is 15.9 Å². The van der Waals surface area contributed by atoms with Crippen LogP contribution in [0.3, 0.4) is 0 Å². The zero-order chi connectivity index (χ0) is 25.0. The molecule has 0 atom stereocenters. The number of nitrogens with zero attached hydrogens (tertiary/aromatic N) is 2. The predicted molar refractivity (Wildman–Crippen MR) is 138 cm³/mol. The monoisotopic (exact) mass is 493 g/mol. The van der Waals surface area contributed by atoms with Crippen LogP contribution in [0.15, 0.2) is 71.6 Å². The van der Waals surface area contributed by atoms with Gasteiger partial charge >= 0.3 is 0 Å². The zero-order valence-corrected chi connectivity index (χ0v) is 21.1. The van der Waals surface area contributed by atoms with Gasteiger partial charge in [0.15, 0.2) is 0 Å². The second kappa shape index (κ2) is 10.5. The molecule has 35 heavy (non-hydrogen) atoms. The molecule has 7 nitrogen and oxygen atoms in total. The van der Waals surface area contributed by atoms with E-state index in [9.17, 15) is 13.2 Å². The number of morpholine rings is 1. The molecule has 0 radical (unpaired) electrons. The number of hydrogen-bond donors (Lipinski definition) is 1. The molecule has 4 rings (SSSR count). The van der Waals surface area contributed by atoms with E-state index in [4.69, 9.17) is 4.74 Å². The van der Waals surface area contributed by atoms with Gasteiger partial charge in [-0.25, -0.2) is 8.42 Å². The van der Waals surface area contributed by atoms with Crippen LogP contribution in [0.1, 0.15) is 27.0 Å². The van der Waals surface area contributed by atoms with Crippen molar-refractivity contribution in [3.05, 3.63) is 89.0 Å². The molecular formula is C27H31N3O4S. The van der Waals surface area contributed by atoms with E-state index >= 15 is 0 Å². The van der Waals surface area contributed by atoms with Crippen molar-refractivity contribution in [1.29, 1.82) is 0 Å². The van der Waals surface area contributed by atoms with Crippen LogP contribution in [0.2, 0.25) is 0 Å². The quantitative estimate of drug-likeness (QED) is 0.533. The maximum atomic E-state index is 12.9. The van der Waals surface area contributed by atoms with Gasteiger partial charge in [0.2, 0.25) is 0 Å². The minimum atomic E-state index is -3.71. The van der Waals surface area contributed by atoms with Gasteiger partial charge in [-0.05, 0) is 79.1 Å². The van der Waals surface area contributed by atoms with Crippen molar-refractivity contribution < 1.29 is 17.9 Å². The number of carbonyl (C=O) groups excluding carboxylic acids is 1. The van der Waals surface area contributed by atoms with Crippen molar-refractivity contribution in [3.63, 3.8) is 0 Å². The molecular weight excluding hydrogens is 462 g/mol. The summed E-state index contributed by atoms with van der Waals surface area (Å²) in [6.45, 7) is 7.54. The molecule has 1 N–H and O–H groups in total. The molecule has 1 aliphatic rings. The van der Waals surface area contributed by atoms with Gasteiger partial charge in [-0.1, -0.05) is 18.2 Å². The largest absolute Gasteiger partial charge is 0.378 e. The fourth-order valence-electron chi connectivity index (χ4n) is 3.98. The molecule has 3 aromatic rings. The lowest BCUT2D eigenvalue weighted by atomic mass is 10.1. The number of benzene rings is 3. The van der Waals surface area contributed by atoms with Crippen LogP contribution >= 0.6 is 0 Å². The van der Waals surface area contributed by atoms with Crippen LogP contribution in [0, 0.1) is 13.8 Å². The molecule has 3 aromatic carbocycles. The Morgan fingerprint density at radius 2 is 1.60 bits per heavy atom. The first-order valence-electron chi connectivity index (χ1n) is 11.6. The van der Waals surface area contributed by atoms with Gasteiger partial charge in [0.1, 0.15) is 0 Å². The van der Waals surface area contributed by atoms with Gasteiger partial charge in [-0.2, -0.15) is 0 Å². The maximum absolute atomic E-state index is 12.9. The van der Waals surface area contributed by atoms with Crippen LogP contribution in [0.4, 0.5) is 11.4 Å². The highest BCUT2D eigenvalue weighted by atomic mass is 32.2. The molecule has 0 unspecified atom stereocenters. The molecule has 0 saturated carbocycles. The summed E-state index contributed by atoms with van der Waals surface area (Å²) in [6, 6.07) is 19.8. The van der Waals surface area contributed by atoms with E-state index in [0.29, 0.717) is 17.8 Å². The lowest BCUT2D eigenvalue weighted by Crippen LogP contribution is -2.36. The third-order valence-electron chi connectivity index (χ3n) is 6.25. The van der Waals surface area contributed by atoms with Gasteiger partial charge < -0.3 is 14.5 Å². The number of anilines is 2. The third-order valence-corrected chi connectivity index (χ3v) is 7.63. The Bertz CT molecular complexity index is 1280. The number of hydrogen-bond acceptors (Lipinski definition) is 5. The van der Waals surface area contributed by atoms with Crippen LogP contribution in [-0.4, -0.2) is 52.6 Å². The Kier molecular flexibility index (Phi) is 7.42. The van der Waals surface area contributed by atoms with Crippen LogP contribution in [0.5, 0.6) is 0 Å². The molecule has 0 bridgehead atoms. The number of ether oxygens (including phenoxy) is 1. The van der Waals surface area contributed by atoms with E-state index < -0.39 is 10.0 Å². The average molecular weight is 494 g/mol. The first-order chi connectivity index (χ1) is 16.7. The van der Waals surface area contributed by atoms with E-state index in [0.717, 1.165) is 48.7 Å². The molecule has 1 heterocycles. The first-order valence-corrected chi connectivity index (χ1v) is 13.1. The molecule has 1 aliphatic heterocycles. The number of carbonyl (C=O) groups is 1. The van der Waals surface area contributed by atoms with E-state index in [1.807, 2.05) is 26.0 Å². The zero-order valence-electron chi connectivity index (χ0n) is 20.3. The highest BCUT2D eigenvalue weighted by molar-refractivity contribution is 7.92. The van der Waals surface area contributed by atoms with E-state index in [2.05, 4.69) is 21.8 Å². The highest BCUT2D eigenvalue weighted by Crippen LogP contribution is 2.21. The normalized spacial score (nSPS) is 14.0. The number of aryl methyl sites for hydroxylation is 2. The van der Waals surface area contributed by atoms with E-state index in [1.54, 1.807) is 54.4 Å². The number of rotatable bonds is 7. The highest BCUT2D eigenvalue weighted by Gasteiger charge is 2.17. The van der Waals surface area contributed by atoms with Crippen molar-refractivity contribution >= 4 is 27.3 Å². The van der Waals surface area contributed by atoms with Crippen molar-refractivity contribution in [2.75, 3.05) is 43.0 Å². The smallest absolute Gasteiger partial charge is 0.261 e. The number of sulfonamides is 1. The Balaban J connectivity index is 1.37. The number of amides is 1. The summed E-state index contributed by atoms with van der Waals surface area (Å²) in [5.74, 6) is -0.133. The molecule has 1 saturated heterocycles. The third kappa shape index (κ3) is 6.01. The van der Waals surface area contributed by atoms with E-state index in [-0.39, 0.29) is 10.8 Å². The molecule has 1 fully saturated rings. The molecule has 1 amide bonds. The Morgan fingerprint density at radius 3 is 2.23 bits per heavy atom. The fraction of sp³-hybridized carbons (Fsp3) is 0.296. The summed E-state index contributed by atoms with van der Waals surface area (Å²) >= 11 is 0. The SMILES string of the molecule is Cc1ccc(S(=O)(=O)Nc2ccc(C(=O)N(C)Cc3ccc(N4CCOCC4)cc3)cc2)cc1C. The van der Waals surface area contributed by atoms with Gasteiger partial charge in [-0.3, -0.25) is 9.52 Å². The van der Waals surface area contributed by atoms with Crippen molar-refractivity contribution in [2.24, 2.45) is 0 Å². The average Bonchev–Trinajstić information content (AvgIpc) is 2.86. The maximum Gasteiger partial charge on any atom is 0.261 e. The summed E-state index contributed by atoms with van der Waals surface area (Å²) in [6.07, 6.45) is 0. The second-order valence-corrected chi connectivity index (χ2v) is 10.5. The molecule has 0 aromatic heterocycles. The van der Waals surface area contributed by atoms with Gasteiger partial charge in [-0.15, -0.1) is 0 Å². The minimum Gasteiger partial charge on any atom is -0.378 e. The Labute approximate surface area is 207 Å². The molecule has 184 valence electrons. The molecule has 8 heteroatoms. The van der Waals surface area contributed by atoms with Crippen LogP contribution < -0.4 is 9.62 Å². The van der Waals surface area contributed by atoms with Crippen LogP contribution in [-0.2, 0) is 21.3 Å². The van der Waals surface area contributed by atoms with E-state index in [1.165, 1.54) is 0 Å². The minimum absolute atomic E-state index is 0.133. The summed E-state index contributed by atoms with van der Waals surface area (Å²) < 4.78 is 33.4. The van der Waals surface area contributed by atoms with Crippen LogP contribution in [0.25, 0.3) is 0 Å². The first kappa shape index (κ1) is 24.8. The Morgan fingerprint density at radius 1 is 0.943 bits per heavy atom. The summed E-state index contributed by atoms with van der Waals surface area (Å²) in [5, 5.41) is 0. The lowest BCUT2D eigenvalue weighted by Gasteiger charge is -2.29. The standard InChI is InChI=1S/C27H31N3O4S/c1-20-4-13-26(18-21(20)2)35(32,33)28-24-9-7-23(8-10-24)27(31)29(3)19-22-5-11-25(12-6-22)30-14-16-34-17-15-30/h4-13,18,28H,14-17,19H2,1-3H3. The molecule has 0 spiro atoms. The summed E-state index contributed by atoms with van der Waals surface area (Å²) in [4.78, 5) is 17.1. The second-order valence-electron chi connectivity index (χ2n) is 8.86. The van der Waals surface area contributed by atoms with Gasteiger partial charge in [0, 0.05) is 43.6 Å². The van der Waals surface area contributed by atoms with Crippen molar-refractivity contribution in [2.45, 2.75) is 25.3 Å². The lowest BCUT2D eigenvalue weighted by molar-refractivity contribution is 0.0785. The predicted octanol–water partition coefficient (Wildman–Crippen LogP) is 4.21. The van der Waals surface area contributed by atoms with Crippen molar-refractivity contribution in [3.8, 4) is 0 Å². The number of nitrogens with one attached hydrogen (secondary N) is 1. The fourth-order valence-corrected chi connectivity index (χ4v) is 5.12. The summed E-state index contributed by atoms with van der Waals surface area (Å²) in [7, 11) is -1.95. The summed E-state index contributed by atoms with van der Waals surface area (Å²) in [5.41, 5.74) is 5.03. The topological polar surface area (TPSA) is 79.0 Å². The Hall–Kier alpha value is -3.36. The van der Waals surface area contributed by atoms with Gasteiger partial charge in [0.05, 0.1) is 18.1 Å². The van der Waals surface area contributed by atoms with Crippen molar-refractivity contribution in [1.82, 2.24) is 4.90 Å². The molecule has 0 aliphatic carbocycles.